The molecular weight excluding hydrogens is 310 g/mol. The van der Waals surface area contributed by atoms with Gasteiger partial charge in [0.15, 0.2) is 0 Å². The zero-order valence-electron chi connectivity index (χ0n) is 13.3. The van der Waals surface area contributed by atoms with Crippen LogP contribution in [0, 0.1) is 11.6 Å². The van der Waals surface area contributed by atoms with Crippen LogP contribution < -0.4 is 5.32 Å². The molecule has 0 spiro atoms. The highest BCUT2D eigenvalue weighted by Gasteiger charge is 2.24. The molecule has 24 heavy (non-hydrogen) atoms. The Balaban J connectivity index is 1.73. The van der Waals surface area contributed by atoms with E-state index in [0.29, 0.717) is 6.54 Å². The minimum atomic E-state index is -0.716. The van der Waals surface area contributed by atoms with Crippen molar-refractivity contribution >= 4 is 5.91 Å². The Labute approximate surface area is 140 Å². The average Bonchev–Trinajstić information content (AvgIpc) is 3.12. The van der Waals surface area contributed by atoms with Gasteiger partial charge in [-0.1, -0.05) is 30.3 Å². The minimum Gasteiger partial charge on any atom is -0.350 e. The van der Waals surface area contributed by atoms with Crippen molar-refractivity contribution in [3.63, 3.8) is 0 Å². The van der Waals surface area contributed by atoms with Crippen LogP contribution in [0.5, 0.6) is 0 Å². The van der Waals surface area contributed by atoms with Gasteiger partial charge in [0.1, 0.15) is 11.6 Å². The molecule has 3 nitrogen and oxygen atoms in total. The maximum absolute atomic E-state index is 13.7. The lowest BCUT2D eigenvalue weighted by Crippen LogP contribution is -2.37. The molecule has 0 aliphatic carbocycles. The number of hydrogen-bond donors (Lipinski definition) is 1. The van der Waals surface area contributed by atoms with Gasteiger partial charge in [-0.2, -0.15) is 0 Å². The fourth-order valence-corrected chi connectivity index (χ4v) is 3.14. The molecule has 1 aliphatic heterocycles. The van der Waals surface area contributed by atoms with Crippen LogP contribution in [-0.4, -0.2) is 30.4 Å². The first-order valence-electron chi connectivity index (χ1n) is 8.17. The van der Waals surface area contributed by atoms with Gasteiger partial charge in [-0.05, 0) is 49.7 Å². The molecule has 1 fully saturated rings. The number of benzene rings is 2. The van der Waals surface area contributed by atoms with Crippen LogP contribution in [0.1, 0.15) is 34.8 Å². The summed E-state index contributed by atoms with van der Waals surface area (Å²) in [4.78, 5) is 14.5. The number of carbonyl (C=O) groups is 1. The summed E-state index contributed by atoms with van der Waals surface area (Å²) in [6.07, 6.45) is 2.27. The van der Waals surface area contributed by atoms with Gasteiger partial charge in [0.2, 0.25) is 0 Å². The van der Waals surface area contributed by atoms with E-state index in [2.05, 4.69) is 10.2 Å². The molecule has 1 unspecified atom stereocenters. The lowest BCUT2D eigenvalue weighted by atomic mass is 10.1. The summed E-state index contributed by atoms with van der Waals surface area (Å²) in [7, 11) is 0. The van der Waals surface area contributed by atoms with Gasteiger partial charge in [-0.3, -0.25) is 9.69 Å². The number of nitrogens with one attached hydrogen (secondary N) is 1. The van der Waals surface area contributed by atoms with E-state index in [4.69, 9.17) is 0 Å². The highest BCUT2D eigenvalue weighted by molar-refractivity contribution is 5.94. The topological polar surface area (TPSA) is 32.3 Å². The Morgan fingerprint density at radius 2 is 1.79 bits per heavy atom. The molecule has 3 rings (SSSR count). The van der Waals surface area contributed by atoms with Gasteiger partial charge >= 0.3 is 0 Å². The van der Waals surface area contributed by atoms with E-state index >= 15 is 0 Å². The number of rotatable bonds is 5. The molecule has 0 radical (unpaired) electrons. The first-order valence-corrected chi connectivity index (χ1v) is 8.17. The molecule has 0 aromatic heterocycles. The Bertz CT molecular complexity index is 700. The zero-order chi connectivity index (χ0) is 16.9. The standard InChI is InChI=1S/C19H20F2N2O/c20-15-8-9-17(21)16(12-15)19(24)22-13-18(23-10-4-5-11-23)14-6-2-1-3-7-14/h1-3,6-9,12,18H,4-5,10-11,13H2,(H,22,24). The smallest absolute Gasteiger partial charge is 0.254 e. The van der Waals surface area contributed by atoms with Gasteiger partial charge < -0.3 is 5.32 Å². The summed E-state index contributed by atoms with van der Waals surface area (Å²) in [5, 5.41) is 2.76. The average molecular weight is 330 g/mol. The molecular formula is C19H20F2N2O. The van der Waals surface area contributed by atoms with Gasteiger partial charge in [-0.15, -0.1) is 0 Å². The minimum absolute atomic E-state index is 0.0364. The fraction of sp³-hybridized carbons (Fsp3) is 0.316. The first-order chi connectivity index (χ1) is 11.6. The Hall–Kier alpha value is -2.27. The second kappa shape index (κ2) is 7.53. The third-order valence-electron chi connectivity index (χ3n) is 4.39. The van der Waals surface area contributed by atoms with E-state index < -0.39 is 17.5 Å². The molecule has 126 valence electrons. The van der Waals surface area contributed by atoms with Crippen LogP contribution >= 0.6 is 0 Å². The zero-order valence-corrected chi connectivity index (χ0v) is 13.3. The van der Waals surface area contributed by atoms with Crippen LogP contribution in [0.4, 0.5) is 8.78 Å². The summed E-state index contributed by atoms with van der Waals surface area (Å²) in [6.45, 7) is 2.31. The van der Waals surface area contributed by atoms with Crippen molar-refractivity contribution < 1.29 is 13.6 Å². The Morgan fingerprint density at radius 1 is 1.08 bits per heavy atom. The molecule has 1 aliphatic rings. The van der Waals surface area contributed by atoms with E-state index in [1.165, 1.54) is 0 Å². The van der Waals surface area contributed by atoms with E-state index in [0.717, 1.165) is 49.7 Å². The van der Waals surface area contributed by atoms with E-state index in [-0.39, 0.29) is 11.6 Å². The first kappa shape index (κ1) is 16.6. The largest absolute Gasteiger partial charge is 0.350 e. The number of halogens is 2. The van der Waals surface area contributed by atoms with Crippen LogP contribution in [-0.2, 0) is 0 Å². The monoisotopic (exact) mass is 330 g/mol. The summed E-state index contributed by atoms with van der Waals surface area (Å²) in [5.41, 5.74) is 0.850. The molecule has 2 aromatic rings. The van der Waals surface area contributed by atoms with Crippen molar-refractivity contribution in [2.24, 2.45) is 0 Å². The van der Waals surface area contributed by atoms with E-state index in [1.807, 2.05) is 30.3 Å². The molecule has 1 atom stereocenters. The SMILES string of the molecule is O=C(NCC(c1ccccc1)N1CCCC1)c1cc(F)ccc1F. The lowest BCUT2D eigenvalue weighted by Gasteiger charge is -2.28. The molecule has 2 aromatic carbocycles. The van der Waals surface area contributed by atoms with E-state index in [9.17, 15) is 13.6 Å². The number of nitrogens with zero attached hydrogens (tertiary/aromatic N) is 1. The molecule has 1 heterocycles. The maximum Gasteiger partial charge on any atom is 0.254 e. The number of hydrogen-bond acceptors (Lipinski definition) is 2. The second-order valence-corrected chi connectivity index (χ2v) is 6.00. The van der Waals surface area contributed by atoms with Gasteiger partial charge in [0.25, 0.3) is 5.91 Å². The molecule has 1 N–H and O–H groups in total. The van der Waals surface area contributed by atoms with Crippen molar-refractivity contribution in [2.75, 3.05) is 19.6 Å². The number of amides is 1. The third-order valence-corrected chi connectivity index (χ3v) is 4.39. The van der Waals surface area contributed by atoms with Gasteiger partial charge in [0, 0.05) is 6.54 Å². The van der Waals surface area contributed by atoms with Crippen LogP contribution in [0.15, 0.2) is 48.5 Å². The molecule has 0 bridgehead atoms. The Morgan fingerprint density at radius 3 is 2.50 bits per heavy atom. The quantitative estimate of drug-likeness (QED) is 0.909. The van der Waals surface area contributed by atoms with Crippen molar-refractivity contribution in [1.82, 2.24) is 10.2 Å². The summed E-state index contributed by atoms with van der Waals surface area (Å²) >= 11 is 0. The van der Waals surface area contributed by atoms with Crippen molar-refractivity contribution in [3.05, 3.63) is 71.3 Å². The van der Waals surface area contributed by atoms with Crippen molar-refractivity contribution in [3.8, 4) is 0 Å². The lowest BCUT2D eigenvalue weighted by molar-refractivity contribution is 0.0933. The normalized spacial score (nSPS) is 16.1. The Kier molecular flexibility index (Phi) is 5.20. The van der Waals surface area contributed by atoms with Crippen LogP contribution in [0.25, 0.3) is 0 Å². The summed E-state index contributed by atoms with van der Waals surface area (Å²) in [5.74, 6) is -1.93. The molecule has 1 amide bonds. The molecule has 0 saturated carbocycles. The predicted molar refractivity (Wildman–Crippen MR) is 88.7 cm³/mol. The van der Waals surface area contributed by atoms with Gasteiger partial charge in [-0.25, -0.2) is 8.78 Å². The summed E-state index contributed by atoms with van der Waals surface area (Å²) < 4.78 is 27.0. The molecule has 1 saturated heterocycles. The van der Waals surface area contributed by atoms with Crippen molar-refractivity contribution in [2.45, 2.75) is 18.9 Å². The van der Waals surface area contributed by atoms with Gasteiger partial charge in [0.05, 0.1) is 11.6 Å². The fourth-order valence-electron chi connectivity index (χ4n) is 3.14. The molecule has 5 heteroatoms. The highest BCUT2D eigenvalue weighted by Crippen LogP contribution is 2.24. The third kappa shape index (κ3) is 3.79. The second-order valence-electron chi connectivity index (χ2n) is 6.00. The van der Waals surface area contributed by atoms with E-state index in [1.54, 1.807) is 0 Å². The van der Waals surface area contributed by atoms with Crippen molar-refractivity contribution in [1.29, 1.82) is 0 Å². The van der Waals surface area contributed by atoms with Crippen LogP contribution in [0.2, 0.25) is 0 Å². The predicted octanol–water partition coefficient (Wildman–Crippen LogP) is 3.53. The number of carbonyl (C=O) groups excluding carboxylic acids is 1. The summed E-state index contributed by atoms with van der Waals surface area (Å²) in [6, 6.07) is 12.9. The highest BCUT2D eigenvalue weighted by atomic mass is 19.1. The maximum atomic E-state index is 13.7. The van der Waals surface area contributed by atoms with Crippen LogP contribution in [0.3, 0.4) is 0 Å². The number of likely N-dealkylation sites (tertiary alicyclic amines) is 1.